The van der Waals surface area contributed by atoms with Crippen LogP contribution < -0.4 is 10.9 Å². The molecule has 2 aromatic rings. The van der Waals surface area contributed by atoms with Gasteiger partial charge in [-0.25, -0.2) is 13.1 Å². The third-order valence-corrected chi connectivity index (χ3v) is 5.80. The van der Waals surface area contributed by atoms with E-state index >= 15 is 0 Å². The van der Waals surface area contributed by atoms with Crippen molar-refractivity contribution in [2.24, 2.45) is 0 Å². The van der Waals surface area contributed by atoms with Gasteiger partial charge in [0.25, 0.3) is 5.56 Å². The molecular weight excluding hydrogens is 395 g/mol. The highest BCUT2D eigenvalue weighted by molar-refractivity contribution is 7.90. The molecule has 1 heterocycles. The summed E-state index contributed by atoms with van der Waals surface area (Å²) in [5.74, 6) is 0. The number of nitrogens with one attached hydrogen (secondary N) is 1. The molecule has 1 fully saturated rings. The van der Waals surface area contributed by atoms with Crippen molar-refractivity contribution in [2.75, 3.05) is 11.6 Å². The molecule has 28 heavy (non-hydrogen) atoms. The van der Waals surface area contributed by atoms with Crippen molar-refractivity contribution in [3.8, 4) is 11.1 Å². The molecule has 1 N–H and O–H groups in total. The molecule has 0 amide bonds. The molecule has 0 atom stereocenters. The number of rotatable bonds is 5. The molecule has 152 valence electrons. The summed E-state index contributed by atoms with van der Waals surface area (Å²) >= 11 is 0. The van der Waals surface area contributed by atoms with Gasteiger partial charge in [0.2, 0.25) is 0 Å². The number of benzene rings is 1. The van der Waals surface area contributed by atoms with Gasteiger partial charge in [-0.1, -0.05) is 25.0 Å². The molecule has 3 rings (SSSR count). The maximum absolute atomic E-state index is 12.8. The number of alkyl halides is 3. The largest absolute Gasteiger partial charge is 0.408 e. The Kier molecular flexibility index (Phi) is 5.51. The zero-order chi connectivity index (χ0) is 20.5. The summed E-state index contributed by atoms with van der Waals surface area (Å²) in [7, 11) is -3.39. The highest BCUT2D eigenvalue weighted by atomic mass is 32.2. The van der Waals surface area contributed by atoms with Crippen LogP contribution in [0, 0.1) is 0 Å². The van der Waals surface area contributed by atoms with E-state index in [4.69, 9.17) is 0 Å². The van der Waals surface area contributed by atoms with Crippen LogP contribution in [0.1, 0.15) is 25.7 Å². The smallest absolute Gasteiger partial charge is 0.377 e. The second kappa shape index (κ2) is 7.57. The molecule has 1 aliphatic rings. The summed E-state index contributed by atoms with van der Waals surface area (Å²) in [6.45, 7) is -1.47. The number of sulfone groups is 1. The molecule has 1 saturated carbocycles. The van der Waals surface area contributed by atoms with E-state index in [2.05, 4.69) is 10.4 Å². The fraction of sp³-hybridized carbons (Fsp3) is 0.444. The summed E-state index contributed by atoms with van der Waals surface area (Å²) in [6, 6.07) is 5.82. The van der Waals surface area contributed by atoms with Crippen LogP contribution in [-0.4, -0.2) is 36.7 Å². The quantitative estimate of drug-likeness (QED) is 0.811. The van der Waals surface area contributed by atoms with Gasteiger partial charge in [0.1, 0.15) is 12.2 Å². The number of hydrogen-bond acceptors (Lipinski definition) is 5. The first-order valence-electron chi connectivity index (χ1n) is 8.78. The summed E-state index contributed by atoms with van der Waals surface area (Å²) in [4.78, 5) is 12.8. The standard InChI is InChI=1S/C18H20F3N3O3S/c1-28(26,27)14-8-6-12(7-9-14)15-10-22-24(11-18(19,20)21)17(25)16(15)23-13-4-2-3-5-13/h6-10,13,23H,2-5,11H2,1H3. The minimum absolute atomic E-state index is 0.00322. The first-order chi connectivity index (χ1) is 13.0. The molecule has 1 aromatic heterocycles. The van der Waals surface area contributed by atoms with E-state index in [1.54, 1.807) is 0 Å². The van der Waals surface area contributed by atoms with Gasteiger partial charge >= 0.3 is 6.18 Å². The van der Waals surface area contributed by atoms with E-state index in [9.17, 15) is 26.4 Å². The van der Waals surface area contributed by atoms with Crippen molar-refractivity contribution >= 4 is 15.5 Å². The predicted molar refractivity (Wildman–Crippen MR) is 99.0 cm³/mol. The van der Waals surface area contributed by atoms with E-state index in [0.717, 1.165) is 31.9 Å². The van der Waals surface area contributed by atoms with Gasteiger partial charge in [-0.05, 0) is 30.5 Å². The lowest BCUT2D eigenvalue weighted by Gasteiger charge is -2.18. The molecule has 0 spiro atoms. The fourth-order valence-electron chi connectivity index (χ4n) is 3.29. The minimum Gasteiger partial charge on any atom is -0.377 e. The third-order valence-electron chi connectivity index (χ3n) is 4.67. The van der Waals surface area contributed by atoms with Crippen molar-refractivity contribution < 1.29 is 21.6 Å². The molecule has 0 aliphatic heterocycles. The van der Waals surface area contributed by atoms with Crippen LogP contribution >= 0.6 is 0 Å². The average Bonchev–Trinajstić information content (AvgIpc) is 3.10. The Hall–Kier alpha value is -2.36. The van der Waals surface area contributed by atoms with Gasteiger partial charge in [0.05, 0.1) is 11.1 Å². The molecule has 1 aliphatic carbocycles. The molecular formula is C18H20F3N3O3S. The van der Waals surface area contributed by atoms with Crippen LogP contribution in [0.4, 0.5) is 18.9 Å². The van der Waals surface area contributed by atoms with Crippen LogP contribution in [0.2, 0.25) is 0 Å². The van der Waals surface area contributed by atoms with Crippen molar-refractivity contribution in [3.05, 3.63) is 40.8 Å². The molecule has 10 heteroatoms. The monoisotopic (exact) mass is 415 g/mol. The zero-order valence-electron chi connectivity index (χ0n) is 15.2. The maximum Gasteiger partial charge on any atom is 0.408 e. The Morgan fingerprint density at radius 1 is 1.18 bits per heavy atom. The Balaban J connectivity index is 2.06. The van der Waals surface area contributed by atoms with Crippen LogP contribution in [-0.2, 0) is 16.4 Å². The van der Waals surface area contributed by atoms with Gasteiger partial charge < -0.3 is 5.32 Å². The molecule has 0 bridgehead atoms. The molecule has 0 saturated heterocycles. The SMILES string of the molecule is CS(=O)(=O)c1ccc(-c2cnn(CC(F)(F)F)c(=O)c2NC2CCCC2)cc1. The third kappa shape index (κ3) is 4.73. The van der Waals surface area contributed by atoms with Crippen LogP contribution in [0.5, 0.6) is 0 Å². The van der Waals surface area contributed by atoms with Gasteiger partial charge in [-0.15, -0.1) is 0 Å². The number of halogens is 3. The lowest BCUT2D eigenvalue weighted by Crippen LogP contribution is -2.33. The average molecular weight is 415 g/mol. The Bertz CT molecular complexity index is 1010. The van der Waals surface area contributed by atoms with E-state index in [-0.39, 0.29) is 16.6 Å². The molecule has 0 unspecified atom stereocenters. The number of hydrogen-bond donors (Lipinski definition) is 1. The van der Waals surface area contributed by atoms with Gasteiger partial charge in [-0.3, -0.25) is 4.79 Å². The van der Waals surface area contributed by atoms with Crippen molar-refractivity contribution in [1.29, 1.82) is 0 Å². The summed E-state index contributed by atoms with van der Waals surface area (Å²) < 4.78 is 61.9. The number of aromatic nitrogens is 2. The van der Waals surface area contributed by atoms with E-state index < -0.39 is 28.1 Å². The highest BCUT2D eigenvalue weighted by Crippen LogP contribution is 2.29. The minimum atomic E-state index is -4.57. The fourth-order valence-corrected chi connectivity index (χ4v) is 3.92. The van der Waals surface area contributed by atoms with Crippen molar-refractivity contribution in [2.45, 2.75) is 49.3 Å². The summed E-state index contributed by atoms with van der Waals surface area (Å²) in [6.07, 6.45) is 1.34. The lowest BCUT2D eigenvalue weighted by atomic mass is 10.1. The topological polar surface area (TPSA) is 81.1 Å². The Morgan fingerprint density at radius 3 is 2.32 bits per heavy atom. The molecule has 6 nitrogen and oxygen atoms in total. The van der Waals surface area contributed by atoms with Gasteiger partial charge in [0, 0.05) is 17.9 Å². The zero-order valence-corrected chi connectivity index (χ0v) is 16.0. The second-order valence-electron chi connectivity index (χ2n) is 6.93. The summed E-state index contributed by atoms with van der Waals surface area (Å²) in [5.41, 5.74) is 0.0409. The van der Waals surface area contributed by atoms with Crippen molar-refractivity contribution in [1.82, 2.24) is 9.78 Å². The summed E-state index contributed by atoms with van der Waals surface area (Å²) in [5, 5.41) is 6.76. The van der Waals surface area contributed by atoms with Crippen LogP contribution in [0.15, 0.2) is 40.2 Å². The molecule has 1 aromatic carbocycles. The van der Waals surface area contributed by atoms with Crippen LogP contribution in [0.25, 0.3) is 11.1 Å². The van der Waals surface area contributed by atoms with Crippen molar-refractivity contribution in [3.63, 3.8) is 0 Å². The first-order valence-corrected chi connectivity index (χ1v) is 10.7. The Morgan fingerprint density at radius 2 is 1.79 bits per heavy atom. The predicted octanol–water partition coefficient (Wildman–Crippen LogP) is 3.23. The second-order valence-corrected chi connectivity index (χ2v) is 8.95. The number of anilines is 1. The van der Waals surface area contributed by atoms with E-state index in [1.165, 1.54) is 30.5 Å². The lowest BCUT2D eigenvalue weighted by molar-refractivity contribution is -0.143. The normalized spacial score (nSPS) is 15.7. The first kappa shape index (κ1) is 20.4. The molecule has 0 radical (unpaired) electrons. The van der Waals surface area contributed by atoms with E-state index in [1.807, 2.05) is 0 Å². The number of nitrogens with zero attached hydrogens (tertiary/aromatic N) is 2. The highest BCUT2D eigenvalue weighted by Gasteiger charge is 2.30. The Labute approximate surface area is 160 Å². The van der Waals surface area contributed by atoms with Gasteiger partial charge in [-0.2, -0.15) is 18.3 Å². The van der Waals surface area contributed by atoms with Gasteiger partial charge in [0.15, 0.2) is 9.84 Å². The maximum atomic E-state index is 12.8. The van der Waals surface area contributed by atoms with Crippen LogP contribution in [0.3, 0.4) is 0 Å². The van der Waals surface area contributed by atoms with E-state index in [0.29, 0.717) is 15.8 Å².